The summed E-state index contributed by atoms with van der Waals surface area (Å²) >= 11 is 0. The van der Waals surface area contributed by atoms with Crippen molar-refractivity contribution in [3.63, 3.8) is 0 Å². The molecule has 0 saturated heterocycles. The Labute approximate surface area is 71.4 Å². The molecule has 0 amide bonds. The highest BCUT2D eigenvalue weighted by atomic mass is 14.5. The van der Waals surface area contributed by atoms with Crippen LogP contribution in [0.5, 0.6) is 0 Å². The summed E-state index contributed by atoms with van der Waals surface area (Å²) in [6.45, 7) is 9.94. The largest absolute Gasteiger partial charge is 0.330 e. The predicted octanol–water partition coefficient (Wildman–Crippen LogP) is 2.80. The van der Waals surface area contributed by atoms with Crippen LogP contribution in [0.25, 0.3) is 0 Å². The summed E-state index contributed by atoms with van der Waals surface area (Å²) in [5.74, 6) is 0.706. The second-order valence-electron chi connectivity index (χ2n) is 4.79. The van der Waals surface area contributed by atoms with Gasteiger partial charge in [0.2, 0.25) is 0 Å². The molecule has 1 heteroatoms. The Morgan fingerprint density at radius 1 is 1.27 bits per heavy atom. The summed E-state index contributed by atoms with van der Waals surface area (Å²) in [6, 6.07) is 0. The van der Waals surface area contributed by atoms with E-state index in [9.17, 15) is 0 Å². The first-order valence-electron chi connectivity index (χ1n) is 4.66. The topological polar surface area (TPSA) is 26.0 Å². The van der Waals surface area contributed by atoms with Gasteiger partial charge in [0.15, 0.2) is 0 Å². The van der Waals surface area contributed by atoms with E-state index in [-0.39, 0.29) is 0 Å². The number of hydrogen-bond acceptors (Lipinski definition) is 1. The standard InChI is InChI=1S/C10H23N/c1-9(8-11)6-5-7-10(2,3)4/h9H,5-8,11H2,1-4H3. The van der Waals surface area contributed by atoms with E-state index in [1.54, 1.807) is 0 Å². The maximum absolute atomic E-state index is 5.52. The van der Waals surface area contributed by atoms with Crippen molar-refractivity contribution < 1.29 is 0 Å². The van der Waals surface area contributed by atoms with Crippen LogP contribution in [0.2, 0.25) is 0 Å². The Morgan fingerprint density at radius 3 is 2.18 bits per heavy atom. The molecule has 1 unspecified atom stereocenters. The van der Waals surface area contributed by atoms with Crippen LogP contribution in [0, 0.1) is 11.3 Å². The van der Waals surface area contributed by atoms with E-state index in [4.69, 9.17) is 5.73 Å². The van der Waals surface area contributed by atoms with E-state index in [2.05, 4.69) is 27.7 Å². The molecule has 0 aliphatic heterocycles. The lowest BCUT2D eigenvalue weighted by molar-refractivity contribution is 0.344. The van der Waals surface area contributed by atoms with E-state index in [0.29, 0.717) is 11.3 Å². The van der Waals surface area contributed by atoms with Gasteiger partial charge in [0.1, 0.15) is 0 Å². The fourth-order valence-corrected chi connectivity index (χ4v) is 1.10. The second-order valence-corrected chi connectivity index (χ2v) is 4.79. The van der Waals surface area contributed by atoms with Gasteiger partial charge in [-0.15, -0.1) is 0 Å². The zero-order valence-electron chi connectivity index (χ0n) is 8.48. The first-order valence-corrected chi connectivity index (χ1v) is 4.66. The van der Waals surface area contributed by atoms with Crippen LogP contribution in [0.3, 0.4) is 0 Å². The van der Waals surface area contributed by atoms with Gasteiger partial charge in [-0.05, 0) is 30.7 Å². The van der Waals surface area contributed by atoms with Crippen molar-refractivity contribution in [1.29, 1.82) is 0 Å². The minimum absolute atomic E-state index is 0.494. The van der Waals surface area contributed by atoms with Gasteiger partial charge in [0.05, 0.1) is 0 Å². The van der Waals surface area contributed by atoms with Gasteiger partial charge in [-0.2, -0.15) is 0 Å². The SMILES string of the molecule is CC(CN)CCCC(C)(C)C. The Balaban J connectivity index is 3.28. The number of hydrogen-bond donors (Lipinski definition) is 1. The molecule has 0 heterocycles. The molecule has 0 saturated carbocycles. The predicted molar refractivity (Wildman–Crippen MR) is 51.5 cm³/mol. The highest BCUT2D eigenvalue weighted by Crippen LogP contribution is 2.22. The van der Waals surface area contributed by atoms with E-state index in [0.717, 1.165) is 6.54 Å². The molecule has 11 heavy (non-hydrogen) atoms. The summed E-state index contributed by atoms with van der Waals surface area (Å²) in [7, 11) is 0. The molecule has 0 radical (unpaired) electrons. The number of rotatable bonds is 4. The molecule has 2 N–H and O–H groups in total. The first kappa shape index (κ1) is 11.0. The van der Waals surface area contributed by atoms with E-state index in [1.165, 1.54) is 19.3 Å². The molecule has 0 aromatic heterocycles. The van der Waals surface area contributed by atoms with E-state index >= 15 is 0 Å². The molecule has 68 valence electrons. The molecule has 0 rings (SSSR count). The lowest BCUT2D eigenvalue weighted by Gasteiger charge is -2.18. The van der Waals surface area contributed by atoms with Crippen LogP contribution in [-0.4, -0.2) is 6.54 Å². The molecular formula is C10H23N. The summed E-state index contributed by atoms with van der Waals surface area (Å²) in [5, 5.41) is 0. The van der Waals surface area contributed by atoms with Gasteiger partial charge >= 0.3 is 0 Å². The Morgan fingerprint density at radius 2 is 1.82 bits per heavy atom. The first-order chi connectivity index (χ1) is 4.95. The van der Waals surface area contributed by atoms with Crippen LogP contribution in [0.1, 0.15) is 47.0 Å². The van der Waals surface area contributed by atoms with Crippen molar-refractivity contribution in [3.8, 4) is 0 Å². The van der Waals surface area contributed by atoms with E-state index in [1.807, 2.05) is 0 Å². The second kappa shape index (κ2) is 4.76. The normalized spacial score (nSPS) is 15.0. The number of nitrogens with two attached hydrogens (primary N) is 1. The highest BCUT2D eigenvalue weighted by molar-refractivity contribution is 4.62. The molecule has 1 nitrogen and oxygen atoms in total. The van der Waals surface area contributed by atoms with Crippen LogP contribution >= 0.6 is 0 Å². The minimum atomic E-state index is 0.494. The lowest BCUT2D eigenvalue weighted by atomic mass is 9.88. The summed E-state index contributed by atoms with van der Waals surface area (Å²) < 4.78 is 0. The van der Waals surface area contributed by atoms with Gasteiger partial charge in [0, 0.05) is 0 Å². The van der Waals surface area contributed by atoms with Gasteiger partial charge in [-0.3, -0.25) is 0 Å². The Hall–Kier alpha value is -0.0400. The van der Waals surface area contributed by atoms with Crippen molar-refractivity contribution in [2.75, 3.05) is 6.54 Å². The third-order valence-electron chi connectivity index (χ3n) is 2.03. The smallest absolute Gasteiger partial charge is 0.00515 e. The average Bonchev–Trinajstić information content (AvgIpc) is 1.85. The van der Waals surface area contributed by atoms with Gasteiger partial charge in [-0.1, -0.05) is 34.1 Å². The molecule has 0 spiro atoms. The fraction of sp³-hybridized carbons (Fsp3) is 1.00. The van der Waals surface area contributed by atoms with Crippen LogP contribution < -0.4 is 5.73 Å². The minimum Gasteiger partial charge on any atom is -0.330 e. The van der Waals surface area contributed by atoms with Crippen LogP contribution in [0.15, 0.2) is 0 Å². The van der Waals surface area contributed by atoms with Crippen molar-refractivity contribution >= 4 is 0 Å². The van der Waals surface area contributed by atoms with E-state index < -0.39 is 0 Å². The monoisotopic (exact) mass is 157 g/mol. The zero-order chi connectivity index (χ0) is 8.91. The summed E-state index contributed by atoms with van der Waals surface area (Å²) in [5.41, 5.74) is 6.02. The quantitative estimate of drug-likeness (QED) is 0.667. The highest BCUT2D eigenvalue weighted by Gasteiger charge is 2.09. The van der Waals surface area contributed by atoms with Gasteiger partial charge in [-0.25, -0.2) is 0 Å². The molecule has 0 aliphatic rings. The third-order valence-corrected chi connectivity index (χ3v) is 2.03. The van der Waals surface area contributed by atoms with Crippen molar-refractivity contribution in [2.45, 2.75) is 47.0 Å². The summed E-state index contributed by atoms with van der Waals surface area (Å²) in [4.78, 5) is 0. The van der Waals surface area contributed by atoms with Crippen LogP contribution in [0.4, 0.5) is 0 Å². The zero-order valence-corrected chi connectivity index (χ0v) is 8.48. The molecule has 0 aromatic rings. The van der Waals surface area contributed by atoms with Gasteiger partial charge < -0.3 is 5.73 Å². The lowest BCUT2D eigenvalue weighted by Crippen LogP contribution is -2.12. The van der Waals surface area contributed by atoms with Gasteiger partial charge in [0.25, 0.3) is 0 Å². The maximum atomic E-state index is 5.52. The molecule has 0 bridgehead atoms. The molecular weight excluding hydrogens is 134 g/mol. The van der Waals surface area contributed by atoms with Crippen molar-refractivity contribution in [3.05, 3.63) is 0 Å². The van der Waals surface area contributed by atoms with Crippen molar-refractivity contribution in [2.24, 2.45) is 17.1 Å². The fourth-order valence-electron chi connectivity index (χ4n) is 1.10. The molecule has 0 aromatic carbocycles. The molecule has 1 atom stereocenters. The maximum Gasteiger partial charge on any atom is -0.00515 e. The molecule has 0 aliphatic carbocycles. The molecule has 0 fully saturated rings. The summed E-state index contributed by atoms with van der Waals surface area (Å²) in [6.07, 6.45) is 3.92. The Kier molecular flexibility index (Phi) is 4.74. The van der Waals surface area contributed by atoms with Crippen LogP contribution in [-0.2, 0) is 0 Å². The average molecular weight is 157 g/mol. The third kappa shape index (κ3) is 7.86. The van der Waals surface area contributed by atoms with Crippen molar-refractivity contribution in [1.82, 2.24) is 0 Å². The Bertz CT molecular complexity index is 91.5.